The zero-order valence-electron chi connectivity index (χ0n) is 22.9. The van der Waals surface area contributed by atoms with E-state index in [1.165, 1.54) is 0 Å². The van der Waals surface area contributed by atoms with E-state index in [4.69, 9.17) is 24.1 Å². The van der Waals surface area contributed by atoms with Gasteiger partial charge in [0.05, 0.1) is 39.6 Å². The Morgan fingerprint density at radius 1 is 0.949 bits per heavy atom. The molecule has 208 valence electrons. The number of aliphatic hydroxyl groups is 1. The van der Waals surface area contributed by atoms with E-state index in [0.29, 0.717) is 48.1 Å². The van der Waals surface area contributed by atoms with Gasteiger partial charge >= 0.3 is 5.97 Å². The number of methoxy groups -OCH3 is 3. The third kappa shape index (κ3) is 8.79. The van der Waals surface area contributed by atoms with E-state index >= 15 is 0 Å². The van der Waals surface area contributed by atoms with Crippen molar-refractivity contribution in [1.29, 1.82) is 0 Å². The number of rotatable bonds is 15. The monoisotopic (exact) mass is 535 g/mol. The summed E-state index contributed by atoms with van der Waals surface area (Å²) in [7, 11) is 4.81. The Balaban J connectivity index is 1.56. The van der Waals surface area contributed by atoms with Crippen LogP contribution in [0.5, 0.6) is 23.1 Å². The van der Waals surface area contributed by atoms with Crippen LogP contribution in [0.3, 0.4) is 0 Å². The molecule has 2 N–H and O–H groups in total. The predicted molar refractivity (Wildman–Crippen MR) is 150 cm³/mol. The number of nitrogens with zero attached hydrogens (tertiary/aromatic N) is 1. The lowest BCUT2D eigenvalue weighted by molar-refractivity contribution is -0.137. The van der Waals surface area contributed by atoms with Gasteiger partial charge in [0.15, 0.2) is 11.5 Å². The fourth-order valence-corrected chi connectivity index (χ4v) is 4.22. The lowest BCUT2D eigenvalue weighted by Crippen LogP contribution is -2.06. The first-order valence-electron chi connectivity index (χ1n) is 13.1. The van der Waals surface area contributed by atoms with Gasteiger partial charge in [-0.3, -0.25) is 4.79 Å². The molecule has 1 atom stereocenters. The maximum atomic E-state index is 10.8. The van der Waals surface area contributed by atoms with E-state index in [1.807, 2.05) is 42.5 Å². The molecule has 1 heterocycles. The van der Waals surface area contributed by atoms with Crippen LogP contribution in [0, 0.1) is 11.8 Å². The van der Waals surface area contributed by atoms with E-state index < -0.39 is 12.1 Å². The number of fused-ring (bicyclic) bond motifs is 1. The number of para-hydroxylation sites is 1. The average Bonchev–Trinajstić information content (AvgIpc) is 2.95. The summed E-state index contributed by atoms with van der Waals surface area (Å²) < 4.78 is 22.3. The van der Waals surface area contributed by atoms with Crippen LogP contribution in [0.15, 0.2) is 42.5 Å². The molecular formula is C31H37NO7. The number of carbonyl (C=O) groups is 1. The second-order valence-electron chi connectivity index (χ2n) is 9.09. The van der Waals surface area contributed by atoms with Crippen molar-refractivity contribution in [3.63, 3.8) is 0 Å². The molecule has 1 aromatic heterocycles. The molecule has 0 aliphatic carbocycles. The largest absolute Gasteiger partial charge is 0.493 e. The van der Waals surface area contributed by atoms with Gasteiger partial charge in [0.2, 0.25) is 11.6 Å². The molecule has 0 fully saturated rings. The van der Waals surface area contributed by atoms with E-state index in [2.05, 4.69) is 16.8 Å². The number of carboxylic acid groups (broad SMARTS) is 1. The van der Waals surface area contributed by atoms with Gasteiger partial charge < -0.3 is 29.2 Å². The molecule has 0 radical (unpaired) electrons. The van der Waals surface area contributed by atoms with Crippen LogP contribution in [0.25, 0.3) is 10.9 Å². The molecule has 8 nitrogen and oxygen atoms in total. The second kappa shape index (κ2) is 15.5. The number of carboxylic acids is 1. The summed E-state index contributed by atoms with van der Waals surface area (Å²) in [6.45, 7) is 0.473. The van der Waals surface area contributed by atoms with Crippen molar-refractivity contribution in [2.75, 3.05) is 27.9 Å². The van der Waals surface area contributed by atoms with Gasteiger partial charge in [-0.25, -0.2) is 4.98 Å². The zero-order chi connectivity index (χ0) is 28.0. The third-order valence-electron chi connectivity index (χ3n) is 6.26. The van der Waals surface area contributed by atoms with Crippen molar-refractivity contribution in [3.05, 3.63) is 53.6 Å². The van der Waals surface area contributed by atoms with Gasteiger partial charge in [0.25, 0.3) is 0 Å². The van der Waals surface area contributed by atoms with Gasteiger partial charge in [-0.15, -0.1) is 11.8 Å². The minimum absolute atomic E-state index is 0.0896. The summed E-state index contributed by atoms with van der Waals surface area (Å²) in [5, 5.41) is 20.5. The first-order valence-corrected chi connectivity index (χ1v) is 13.1. The molecule has 0 aliphatic heterocycles. The number of aryl methyl sites for hydroxylation is 1. The van der Waals surface area contributed by atoms with Gasteiger partial charge in [0, 0.05) is 30.2 Å². The van der Waals surface area contributed by atoms with Gasteiger partial charge in [0.1, 0.15) is 0 Å². The molecular weight excluding hydrogens is 498 g/mol. The summed E-state index contributed by atoms with van der Waals surface area (Å²) in [6.07, 6.45) is 4.02. The number of unbranched alkanes of at least 4 members (excludes halogenated alkanes) is 3. The lowest BCUT2D eigenvalue weighted by Gasteiger charge is -2.15. The van der Waals surface area contributed by atoms with Crippen molar-refractivity contribution in [3.8, 4) is 35.0 Å². The second-order valence-corrected chi connectivity index (χ2v) is 9.09. The highest BCUT2D eigenvalue weighted by Crippen LogP contribution is 2.38. The first-order chi connectivity index (χ1) is 19.0. The third-order valence-corrected chi connectivity index (χ3v) is 6.26. The van der Waals surface area contributed by atoms with E-state index in [1.54, 1.807) is 21.3 Å². The molecule has 39 heavy (non-hydrogen) atoms. The topological polar surface area (TPSA) is 107 Å². The molecule has 8 heteroatoms. The smallest absolute Gasteiger partial charge is 0.303 e. The van der Waals surface area contributed by atoms with Crippen LogP contribution in [0.1, 0.15) is 62.2 Å². The number of hydrogen-bond donors (Lipinski definition) is 2. The fraction of sp³-hybridized carbons (Fsp3) is 0.419. The predicted octanol–water partition coefficient (Wildman–Crippen LogP) is 5.73. The van der Waals surface area contributed by atoms with Crippen LogP contribution in [-0.2, 0) is 11.2 Å². The molecule has 0 amide bonds. The molecule has 0 saturated carbocycles. The quantitative estimate of drug-likeness (QED) is 0.188. The number of ether oxygens (including phenoxy) is 4. The Bertz CT molecular complexity index is 1270. The molecule has 2 aromatic carbocycles. The average molecular weight is 536 g/mol. The summed E-state index contributed by atoms with van der Waals surface area (Å²) in [6, 6.07) is 13.6. The highest BCUT2D eigenvalue weighted by molar-refractivity contribution is 5.80. The van der Waals surface area contributed by atoms with E-state index in [-0.39, 0.29) is 12.8 Å². The summed E-state index contributed by atoms with van der Waals surface area (Å²) in [5.41, 5.74) is 2.51. The number of benzene rings is 2. The van der Waals surface area contributed by atoms with Gasteiger partial charge in [-0.1, -0.05) is 18.2 Å². The molecule has 0 saturated heterocycles. The van der Waals surface area contributed by atoms with Crippen molar-refractivity contribution in [1.82, 2.24) is 4.98 Å². The van der Waals surface area contributed by atoms with Crippen LogP contribution < -0.4 is 18.9 Å². The Labute approximate surface area is 229 Å². The normalized spacial score (nSPS) is 11.4. The van der Waals surface area contributed by atoms with Crippen molar-refractivity contribution in [2.45, 2.75) is 57.5 Å². The van der Waals surface area contributed by atoms with Crippen LogP contribution in [-0.4, -0.2) is 49.1 Å². The summed E-state index contributed by atoms with van der Waals surface area (Å²) in [4.78, 5) is 15.3. The maximum absolute atomic E-state index is 10.8. The number of pyridine rings is 1. The van der Waals surface area contributed by atoms with E-state index in [9.17, 15) is 9.90 Å². The fourth-order valence-electron chi connectivity index (χ4n) is 4.22. The number of aliphatic hydroxyl groups excluding tert-OH is 1. The Morgan fingerprint density at radius 2 is 1.69 bits per heavy atom. The van der Waals surface area contributed by atoms with Crippen molar-refractivity contribution >= 4 is 16.9 Å². The highest BCUT2D eigenvalue weighted by Gasteiger charge is 2.16. The van der Waals surface area contributed by atoms with Crippen LogP contribution in [0.2, 0.25) is 0 Å². The maximum Gasteiger partial charge on any atom is 0.303 e. The number of aromatic nitrogens is 1. The lowest BCUT2D eigenvalue weighted by atomic mass is 10.0. The van der Waals surface area contributed by atoms with Crippen molar-refractivity contribution < 1.29 is 34.0 Å². The SMILES string of the molecule is COc1cc(CCCCCOc2nc3ccccc3cc2C(O)CC#CCCCC(=O)O)cc(OC)c1OC. The van der Waals surface area contributed by atoms with Crippen molar-refractivity contribution in [2.24, 2.45) is 0 Å². The Morgan fingerprint density at radius 3 is 2.38 bits per heavy atom. The standard InChI is InChI=1S/C31H37NO7/c1-36-27-19-22(20-28(37-2)30(27)38-3)13-7-6-12-18-39-31-24(21-23-14-10-11-15-25(23)32-31)26(33)16-8-4-5-9-17-29(34)35/h10-11,14-15,19-21,26,33H,5-7,9,12-13,16-18H2,1-3H3,(H,34,35). The van der Waals surface area contributed by atoms with Crippen LogP contribution in [0.4, 0.5) is 0 Å². The number of hydrogen-bond acceptors (Lipinski definition) is 7. The minimum Gasteiger partial charge on any atom is -0.493 e. The number of aliphatic carboxylic acids is 1. The molecule has 1 unspecified atom stereocenters. The Hall–Kier alpha value is -3.96. The molecule has 0 bridgehead atoms. The zero-order valence-corrected chi connectivity index (χ0v) is 22.9. The first kappa shape index (κ1) is 29.6. The minimum atomic E-state index is -0.857. The molecule has 3 aromatic rings. The molecule has 0 aliphatic rings. The summed E-state index contributed by atoms with van der Waals surface area (Å²) in [5.74, 6) is 7.36. The summed E-state index contributed by atoms with van der Waals surface area (Å²) >= 11 is 0. The van der Waals surface area contributed by atoms with Gasteiger partial charge in [-0.2, -0.15) is 0 Å². The molecule has 0 spiro atoms. The van der Waals surface area contributed by atoms with E-state index in [0.717, 1.165) is 42.1 Å². The van der Waals surface area contributed by atoms with Gasteiger partial charge in [-0.05, 0) is 61.9 Å². The molecule has 3 rings (SSSR count). The Kier molecular flexibility index (Phi) is 11.7. The highest BCUT2D eigenvalue weighted by atomic mass is 16.5. The van der Waals surface area contributed by atoms with Crippen LogP contribution >= 0.6 is 0 Å².